The Hall–Kier alpha value is -2.02. The average molecular weight is 396 g/mol. The number of benzene rings is 1. The molecular formula is C22H29N5S. The van der Waals surface area contributed by atoms with Crippen LogP contribution in [0.1, 0.15) is 40.4 Å². The van der Waals surface area contributed by atoms with E-state index in [0.29, 0.717) is 5.82 Å². The molecule has 0 bridgehead atoms. The van der Waals surface area contributed by atoms with Crippen LogP contribution in [0.3, 0.4) is 0 Å². The quantitative estimate of drug-likeness (QED) is 0.721. The van der Waals surface area contributed by atoms with Crippen molar-refractivity contribution in [1.29, 1.82) is 0 Å². The number of hydrogen-bond donors (Lipinski definition) is 1. The highest BCUT2D eigenvalue weighted by Gasteiger charge is 2.25. The van der Waals surface area contributed by atoms with Crippen LogP contribution < -0.4 is 5.73 Å². The smallest absolute Gasteiger partial charge is 0.149 e. The SMILES string of the molecule is Cc1ccccc1CN1CCN(C(C)c2nc(N)c3c(C)c(C)sc3n2)CC1. The first kappa shape index (κ1) is 19.3. The van der Waals surface area contributed by atoms with Crippen molar-refractivity contribution in [3.63, 3.8) is 0 Å². The van der Waals surface area contributed by atoms with E-state index in [9.17, 15) is 0 Å². The highest BCUT2D eigenvalue weighted by molar-refractivity contribution is 7.18. The Morgan fingerprint density at radius 1 is 1.07 bits per heavy atom. The molecule has 148 valence electrons. The molecule has 1 aliphatic heterocycles. The summed E-state index contributed by atoms with van der Waals surface area (Å²) in [6.07, 6.45) is 0. The average Bonchev–Trinajstić information content (AvgIpc) is 2.98. The number of fused-ring (bicyclic) bond motifs is 1. The zero-order valence-corrected chi connectivity index (χ0v) is 18.0. The molecule has 0 aliphatic carbocycles. The summed E-state index contributed by atoms with van der Waals surface area (Å²) in [6.45, 7) is 13.8. The Kier molecular flexibility index (Phi) is 5.36. The monoisotopic (exact) mass is 395 g/mol. The van der Waals surface area contributed by atoms with E-state index in [0.717, 1.165) is 48.8 Å². The molecule has 3 heterocycles. The van der Waals surface area contributed by atoms with E-state index in [1.165, 1.54) is 21.6 Å². The molecule has 0 amide bonds. The fourth-order valence-electron chi connectivity index (χ4n) is 3.99. The van der Waals surface area contributed by atoms with Gasteiger partial charge >= 0.3 is 0 Å². The summed E-state index contributed by atoms with van der Waals surface area (Å²) in [4.78, 5) is 16.8. The summed E-state index contributed by atoms with van der Waals surface area (Å²) in [5, 5.41) is 1.03. The molecule has 1 unspecified atom stereocenters. The predicted molar refractivity (Wildman–Crippen MR) is 118 cm³/mol. The van der Waals surface area contributed by atoms with Gasteiger partial charge < -0.3 is 5.73 Å². The van der Waals surface area contributed by atoms with Gasteiger partial charge in [0.25, 0.3) is 0 Å². The number of aryl methyl sites for hydroxylation is 3. The molecular weight excluding hydrogens is 366 g/mol. The Labute approximate surface area is 171 Å². The van der Waals surface area contributed by atoms with E-state index in [1.807, 2.05) is 0 Å². The molecule has 5 nitrogen and oxygen atoms in total. The van der Waals surface area contributed by atoms with Crippen molar-refractivity contribution < 1.29 is 0 Å². The molecule has 1 aromatic carbocycles. The zero-order valence-electron chi connectivity index (χ0n) is 17.2. The van der Waals surface area contributed by atoms with Crippen molar-refractivity contribution >= 4 is 27.4 Å². The number of anilines is 1. The van der Waals surface area contributed by atoms with E-state index in [-0.39, 0.29) is 6.04 Å². The fraction of sp³-hybridized carbons (Fsp3) is 0.455. The number of nitrogen functional groups attached to an aromatic ring is 1. The lowest BCUT2D eigenvalue weighted by Crippen LogP contribution is -2.47. The minimum Gasteiger partial charge on any atom is -0.383 e. The first-order valence-corrected chi connectivity index (χ1v) is 10.8. The molecule has 1 atom stereocenters. The van der Waals surface area contributed by atoms with Crippen LogP contribution in [-0.2, 0) is 6.54 Å². The van der Waals surface area contributed by atoms with E-state index in [2.05, 4.69) is 66.7 Å². The summed E-state index contributed by atoms with van der Waals surface area (Å²) in [5.74, 6) is 1.46. The summed E-state index contributed by atoms with van der Waals surface area (Å²) in [6, 6.07) is 8.85. The van der Waals surface area contributed by atoms with Gasteiger partial charge in [-0.2, -0.15) is 0 Å². The normalized spacial score (nSPS) is 17.3. The van der Waals surface area contributed by atoms with E-state index in [1.54, 1.807) is 11.3 Å². The van der Waals surface area contributed by atoms with Gasteiger partial charge in [-0.3, -0.25) is 9.80 Å². The number of thiophene rings is 1. The summed E-state index contributed by atoms with van der Waals surface area (Å²) in [7, 11) is 0. The predicted octanol–water partition coefficient (Wildman–Crippen LogP) is 4.08. The first-order chi connectivity index (χ1) is 13.4. The van der Waals surface area contributed by atoms with Crippen LogP contribution in [-0.4, -0.2) is 45.9 Å². The maximum Gasteiger partial charge on any atom is 0.149 e. The van der Waals surface area contributed by atoms with Crippen LogP contribution in [0.5, 0.6) is 0 Å². The van der Waals surface area contributed by atoms with E-state index >= 15 is 0 Å². The van der Waals surface area contributed by atoms with Gasteiger partial charge in [-0.15, -0.1) is 11.3 Å². The Balaban J connectivity index is 1.45. The lowest BCUT2D eigenvalue weighted by Gasteiger charge is -2.37. The van der Waals surface area contributed by atoms with E-state index < -0.39 is 0 Å². The molecule has 1 aliphatic rings. The summed E-state index contributed by atoms with van der Waals surface area (Å²) >= 11 is 1.72. The van der Waals surface area contributed by atoms with Gasteiger partial charge in [0.1, 0.15) is 16.5 Å². The third kappa shape index (κ3) is 3.64. The van der Waals surface area contributed by atoms with Crippen LogP contribution in [0.2, 0.25) is 0 Å². The van der Waals surface area contributed by atoms with Gasteiger partial charge in [-0.25, -0.2) is 9.97 Å². The van der Waals surface area contributed by atoms with Crippen molar-refractivity contribution in [1.82, 2.24) is 19.8 Å². The van der Waals surface area contributed by atoms with Crippen LogP contribution in [0.4, 0.5) is 5.82 Å². The van der Waals surface area contributed by atoms with Crippen molar-refractivity contribution in [3.05, 3.63) is 51.7 Å². The maximum atomic E-state index is 6.29. The minimum absolute atomic E-state index is 0.176. The standard InChI is InChI=1S/C22H29N5S/c1-14-7-5-6-8-18(14)13-26-9-11-27(12-10-26)16(3)21-24-20(23)19-15(2)17(4)28-22(19)25-21/h5-8,16H,9-13H2,1-4H3,(H2,23,24,25). The molecule has 1 saturated heterocycles. The second-order valence-corrected chi connectivity index (χ2v) is 9.05. The number of nitrogens with zero attached hydrogens (tertiary/aromatic N) is 4. The van der Waals surface area contributed by atoms with Crippen LogP contribution in [0, 0.1) is 20.8 Å². The third-order valence-corrected chi connectivity index (χ3v) is 7.16. The molecule has 0 spiro atoms. The summed E-state index contributed by atoms with van der Waals surface area (Å²) < 4.78 is 0. The van der Waals surface area contributed by atoms with Gasteiger partial charge in [0.2, 0.25) is 0 Å². The second-order valence-electron chi connectivity index (χ2n) is 7.85. The molecule has 0 radical (unpaired) electrons. The van der Waals surface area contributed by atoms with Gasteiger partial charge in [-0.05, 0) is 44.4 Å². The molecule has 6 heteroatoms. The van der Waals surface area contributed by atoms with Gasteiger partial charge in [0, 0.05) is 37.6 Å². The zero-order chi connectivity index (χ0) is 19.8. The van der Waals surface area contributed by atoms with Crippen LogP contribution in [0.25, 0.3) is 10.2 Å². The van der Waals surface area contributed by atoms with Crippen molar-refractivity contribution in [2.75, 3.05) is 31.9 Å². The maximum absolute atomic E-state index is 6.29. The number of aromatic nitrogens is 2. The largest absolute Gasteiger partial charge is 0.383 e. The van der Waals surface area contributed by atoms with Crippen LogP contribution in [0.15, 0.2) is 24.3 Å². The van der Waals surface area contributed by atoms with Crippen molar-refractivity contribution in [3.8, 4) is 0 Å². The van der Waals surface area contributed by atoms with E-state index in [4.69, 9.17) is 10.7 Å². The lowest BCUT2D eigenvalue weighted by atomic mass is 10.1. The van der Waals surface area contributed by atoms with Gasteiger partial charge in [-0.1, -0.05) is 24.3 Å². The molecule has 2 N–H and O–H groups in total. The first-order valence-electron chi connectivity index (χ1n) is 9.98. The highest BCUT2D eigenvalue weighted by Crippen LogP contribution is 2.33. The van der Waals surface area contributed by atoms with Crippen molar-refractivity contribution in [2.24, 2.45) is 0 Å². The molecule has 0 saturated carbocycles. The molecule has 28 heavy (non-hydrogen) atoms. The third-order valence-electron chi connectivity index (χ3n) is 6.06. The number of nitrogens with two attached hydrogens (primary N) is 1. The number of piperazine rings is 1. The topological polar surface area (TPSA) is 58.3 Å². The van der Waals surface area contributed by atoms with Crippen LogP contribution >= 0.6 is 11.3 Å². The molecule has 3 aromatic rings. The summed E-state index contributed by atoms with van der Waals surface area (Å²) in [5.41, 5.74) is 10.3. The number of hydrogen-bond acceptors (Lipinski definition) is 6. The Morgan fingerprint density at radius 3 is 2.50 bits per heavy atom. The number of rotatable bonds is 4. The Bertz CT molecular complexity index is 988. The highest BCUT2D eigenvalue weighted by atomic mass is 32.1. The fourth-order valence-corrected chi connectivity index (χ4v) is 5.03. The minimum atomic E-state index is 0.176. The second kappa shape index (κ2) is 7.78. The Morgan fingerprint density at radius 2 is 1.79 bits per heavy atom. The molecule has 1 fully saturated rings. The van der Waals surface area contributed by atoms with Crippen molar-refractivity contribution in [2.45, 2.75) is 40.3 Å². The van der Waals surface area contributed by atoms with Gasteiger partial charge in [0.05, 0.1) is 11.4 Å². The molecule has 4 rings (SSSR count). The van der Waals surface area contributed by atoms with Gasteiger partial charge in [0.15, 0.2) is 0 Å². The lowest BCUT2D eigenvalue weighted by molar-refractivity contribution is 0.0948. The molecule has 2 aromatic heterocycles.